The molecule has 0 bridgehead atoms. The molecule has 3 amide bonds. The van der Waals surface area contributed by atoms with Crippen molar-refractivity contribution in [1.29, 1.82) is 0 Å². The molecule has 1 fully saturated rings. The largest absolute Gasteiger partial charge is 0.345 e. The molecule has 1 aliphatic rings. The molecule has 0 spiro atoms. The van der Waals surface area contributed by atoms with Crippen LogP contribution in [0.3, 0.4) is 0 Å². The van der Waals surface area contributed by atoms with E-state index in [4.69, 9.17) is 0 Å². The Morgan fingerprint density at radius 1 is 1.15 bits per heavy atom. The summed E-state index contributed by atoms with van der Waals surface area (Å²) in [4.78, 5) is 36.0. The Morgan fingerprint density at radius 2 is 1.89 bits per heavy atom. The lowest BCUT2D eigenvalue weighted by molar-refractivity contribution is -0.130. The third-order valence-corrected chi connectivity index (χ3v) is 4.75. The van der Waals surface area contributed by atoms with Gasteiger partial charge in [0.2, 0.25) is 5.91 Å². The predicted octanol–water partition coefficient (Wildman–Crippen LogP) is 2.40. The number of aromatic amines is 1. The van der Waals surface area contributed by atoms with Crippen LogP contribution in [-0.4, -0.2) is 64.4 Å². The lowest BCUT2D eigenvalue weighted by atomic mass is 9.97. The summed E-state index contributed by atoms with van der Waals surface area (Å²) in [7, 11) is 0. The van der Waals surface area contributed by atoms with E-state index < -0.39 is 0 Å². The lowest BCUT2D eigenvalue weighted by Gasteiger charge is -2.25. The molecule has 146 valence electrons. The van der Waals surface area contributed by atoms with Crippen molar-refractivity contribution in [3.63, 3.8) is 0 Å². The van der Waals surface area contributed by atoms with Gasteiger partial charge in [-0.3, -0.25) is 4.79 Å². The number of rotatable bonds is 3. The Morgan fingerprint density at radius 3 is 2.67 bits per heavy atom. The van der Waals surface area contributed by atoms with Crippen molar-refractivity contribution in [3.8, 4) is 0 Å². The Bertz CT molecular complexity index is 808. The van der Waals surface area contributed by atoms with Crippen LogP contribution in [0.2, 0.25) is 0 Å². The number of urea groups is 1. The van der Waals surface area contributed by atoms with Crippen LogP contribution in [0.4, 0.5) is 4.79 Å². The number of benzene rings is 1. The predicted molar refractivity (Wildman–Crippen MR) is 105 cm³/mol. The first-order chi connectivity index (χ1) is 12.8. The molecule has 0 radical (unpaired) electrons. The summed E-state index contributed by atoms with van der Waals surface area (Å²) in [5, 5.41) is 2.99. The molecule has 7 heteroatoms. The minimum Gasteiger partial charge on any atom is -0.345 e. The second-order valence-corrected chi connectivity index (χ2v) is 8.37. The number of aromatic nitrogens is 2. The van der Waals surface area contributed by atoms with Gasteiger partial charge in [-0.2, -0.15) is 0 Å². The van der Waals surface area contributed by atoms with E-state index >= 15 is 0 Å². The average Bonchev–Trinajstić information content (AvgIpc) is 2.93. The van der Waals surface area contributed by atoms with Crippen molar-refractivity contribution in [2.45, 2.75) is 33.6 Å². The zero-order valence-electron chi connectivity index (χ0n) is 16.4. The van der Waals surface area contributed by atoms with Gasteiger partial charge in [-0.15, -0.1) is 0 Å². The second kappa shape index (κ2) is 7.98. The molecule has 2 N–H and O–H groups in total. The normalized spacial score (nSPS) is 15.7. The van der Waals surface area contributed by atoms with E-state index in [2.05, 4.69) is 36.1 Å². The number of imidazole rings is 1. The highest BCUT2D eigenvalue weighted by molar-refractivity contribution is 5.82. The van der Waals surface area contributed by atoms with Gasteiger partial charge in [-0.25, -0.2) is 9.78 Å². The van der Waals surface area contributed by atoms with Gasteiger partial charge in [0.05, 0.1) is 23.8 Å². The molecule has 0 saturated carbocycles. The van der Waals surface area contributed by atoms with Gasteiger partial charge in [0, 0.05) is 32.7 Å². The van der Waals surface area contributed by atoms with Gasteiger partial charge < -0.3 is 20.1 Å². The molecule has 7 nitrogen and oxygen atoms in total. The van der Waals surface area contributed by atoms with E-state index in [9.17, 15) is 9.59 Å². The summed E-state index contributed by atoms with van der Waals surface area (Å²) in [5.41, 5.74) is 2.87. The van der Waals surface area contributed by atoms with Gasteiger partial charge >= 0.3 is 6.03 Å². The van der Waals surface area contributed by atoms with E-state index in [1.807, 2.05) is 28.0 Å². The SMILES string of the molecule is CC(C)(C)CNC(=O)N1CCCN(C(=O)Cc2ccc3nc[nH]c3c2)CC1. The number of amides is 3. The monoisotopic (exact) mass is 371 g/mol. The van der Waals surface area contributed by atoms with Gasteiger partial charge in [-0.05, 0) is 29.5 Å². The fourth-order valence-corrected chi connectivity index (χ4v) is 3.20. The maximum atomic E-state index is 12.7. The van der Waals surface area contributed by atoms with E-state index in [1.165, 1.54) is 0 Å². The molecule has 3 rings (SSSR count). The van der Waals surface area contributed by atoms with Gasteiger partial charge in [0.25, 0.3) is 0 Å². The summed E-state index contributed by atoms with van der Waals surface area (Å²) in [6.45, 7) is 9.44. The topological polar surface area (TPSA) is 81.3 Å². The molecular formula is C20H29N5O2. The number of carbonyl (C=O) groups excluding carboxylic acids is 2. The smallest absolute Gasteiger partial charge is 0.317 e. The summed E-state index contributed by atoms with van der Waals surface area (Å²) in [6.07, 6.45) is 2.82. The molecule has 0 unspecified atom stereocenters. The molecule has 1 saturated heterocycles. The van der Waals surface area contributed by atoms with Crippen LogP contribution in [-0.2, 0) is 11.2 Å². The van der Waals surface area contributed by atoms with Crippen LogP contribution < -0.4 is 5.32 Å². The number of nitrogens with one attached hydrogen (secondary N) is 2. The molecule has 1 aliphatic heterocycles. The molecule has 0 atom stereocenters. The Labute approximate surface area is 160 Å². The molecule has 1 aromatic carbocycles. The fraction of sp³-hybridized carbons (Fsp3) is 0.550. The van der Waals surface area contributed by atoms with Crippen molar-refractivity contribution in [2.75, 3.05) is 32.7 Å². The first-order valence-corrected chi connectivity index (χ1v) is 9.54. The van der Waals surface area contributed by atoms with Crippen LogP contribution in [0, 0.1) is 5.41 Å². The van der Waals surface area contributed by atoms with E-state index in [1.54, 1.807) is 6.33 Å². The maximum Gasteiger partial charge on any atom is 0.317 e. The molecular weight excluding hydrogens is 342 g/mol. The fourth-order valence-electron chi connectivity index (χ4n) is 3.20. The molecule has 1 aromatic heterocycles. The van der Waals surface area contributed by atoms with Gasteiger partial charge in [0.15, 0.2) is 0 Å². The van der Waals surface area contributed by atoms with Crippen LogP contribution in [0.15, 0.2) is 24.5 Å². The third-order valence-electron chi connectivity index (χ3n) is 4.75. The summed E-state index contributed by atoms with van der Waals surface area (Å²) in [5.74, 6) is 0.103. The van der Waals surface area contributed by atoms with Crippen LogP contribution in [0.5, 0.6) is 0 Å². The van der Waals surface area contributed by atoms with Crippen molar-refractivity contribution in [3.05, 3.63) is 30.1 Å². The first-order valence-electron chi connectivity index (χ1n) is 9.54. The van der Waals surface area contributed by atoms with E-state index in [-0.39, 0.29) is 17.4 Å². The van der Waals surface area contributed by atoms with E-state index in [0.717, 1.165) is 23.0 Å². The summed E-state index contributed by atoms with van der Waals surface area (Å²) in [6, 6.07) is 5.82. The maximum absolute atomic E-state index is 12.7. The second-order valence-electron chi connectivity index (χ2n) is 8.37. The van der Waals surface area contributed by atoms with Crippen LogP contribution >= 0.6 is 0 Å². The number of hydrogen-bond acceptors (Lipinski definition) is 3. The lowest BCUT2D eigenvalue weighted by Crippen LogP contribution is -2.45. The minimum absolute atomic E-state index is 0.0380. The summed E-state index contributed by atoms with van der Waals surface area (Å²) < 4.78 is 0. The van der Waals surface area contributed by atoms with Crippen LogP contribution in [0.25, 0.3) is 11.0 Å². The molecule has 2 heterocycles. The van der Waals surface area contributed by atoms with Gasteiger partial charge in [0.1, 0.15) is 0 Å². The highest BCUT2D eigenvalue weighted by Crippen LogP contribution is 2.14. The van der Waals surface area contributed by atoms with Gasteiger partial charge in [-0.1, -0.05) is 26.8 Å². The highest BCUT2D eigenvalue weighted by Gasteiger charge is 2.23. The minimum atomic E-state index is -0.0380. The Balaban J connectivity index is 1.53. The molecule has 27 heavy (non-hydrogen) atoms. The average molecular weight is 371 g/mol. The van der Waals surface area contributed by atoms with Crippen molar-refractivity contribution in [1.82, 2.24) is 25.1 Å². The van der Waals surface area contributed by atoms with Crippen molar-refractivity contribution < 1.29 is 9.59 Å². The summed E-state index contributed by atoms with van der Waals surface area (Å²) >= 11 is 0. The van der Waals surface area contributed by atoms with Crippen molar-refractivity contribution in [2.24, 2.45) is 5.41 Å². The first kappa shape index (κ1) is 19.2. The number of hydrogen-bond donors (Lipinski definition) is 2. The standard InChI is InChI=1S/C20H29N5O2/c1-20(2,3)13-21-19(27)25-8-4-7-24(9-10-25)18(26)12-15-5-6-16-17(11-15)23-14-22-16/h5-6,11,14H,4,7-10,12-13H2,1-3H3,(H,21,27)(H,22,23). The molecule has 2 aromatic rings. The number of fused-ring (bicyclic) bond motifs is 1. The number of nitrogens with zero attached hydrogens (tertiary/aromatic N) is 3. The Hall–Kier alpha value is -2.57. The van der Waals surface area contributed by atoms with Crippen LogP contribution in [0.1, 0.15) is 32.8 Å². The number of H-pyrrole nitrogens is 1. The zero-order valence-corrected chi connectivity index (χ0v) is 16.4. The quantitative estimate of drug-likeness (QED) is 0.869. The number of carbonyl (C=O) groups is 2. The zero-order chi connectivity index (χ0) is 19.4. The molecule has 0 aliphatic carbocycles. The van der Waals surface area contributed by atoms with E-state index in [0.29, 0.717) is 39.1 Å². The third kappa shape index (κ3) is 5.21. The highest BCUT2D eigenvalue weighted by atomic mass is 16.2. The van der Waals surface area contributed by atoms with Crippen molar-refractivity contribution >= 4 is 23.0 Å². The Kier molecular flexibility index (Phi) is 5.68.